The molecular formula is C20H24N4O4S. The van der Waals surface area contributed by atoms with Crippen molar-refractivity contribution in [2.75, 3.05) is 6.26 Å². The van der Waals surface area contributed by atoms with Gasteiger partial charge in [-0.15, -0.1) is 0 Å². The topological polar surface area (TPSA) is 111 Å². The summed E-state index contributed by atoms with van der Waals surface area (Å²) in [5.74, 6) is 1.10. The molecule has 1 atom stereocenters. The molecule has 1 fully saturated rings. The quantitative estimate of drug-likeness (QED) is 0.738. The van der Waals surface area contributed by atoms with E-state index in [0.29, 0.717) is 11.6 Å². The summed E-state index contributed by atoms with van der Waals surface area (Å²) in [4.78, 5) is 25.7. The van der Waals surface area contributed by atoms with Crippen molar-refractivity contribution in [2.24, 2.45) is 0 Å². The third-order valence-electron chi connectivity index (χ3n) is 4.56. The number of ether oxygens (including phenoxy) is 1. The SMILES string of the molecule is CC(/C=C/S(C)(=O)=O)NC(=O)c1cnc(C2CCCC2)nc1Oc1cccnc1. The third kappa shape index (κ3) is 6.08. The van der Waals surface area contributed by atoms with Crippen molar-refractivity contribution in [3.8, 4) is 11.6 Å². The molecule has 1 aliphatic carbocycles. The first-order valence-corrected chi connectivity index (χ1v) is 11.4. The van der Waals surface area contributed by atoms with Gasteiger partial charge in [0.05, 0.1) is 6.20 Å². The van der Waals surface area contributed by atoms with Crippen molar-refractivity contribution in [1.29, 1.82) is 0 Å². The second-order valence-electron chi connectivity index (χ2n) is 7.14. The summed E-state index contributed by atoms with van der Waals surface area (Å²) in [6.07, 6.45) is 11.4. The van der Waals surface area contributed by atoms with Crippen LogP contribution in [-0.2, 0) is 9.84 Å². The van der Waals surface area contributed by atoms with E-state index in [1.807, 2.05) is 0 Å². The molecule has 1 saturated carbocycles. The van der Waals surface area contributed by atoms with Gasteiger partial charge < -0.3 is 10.1 Å². The fraction of sp³-hybridized carbons (Fsp3) is 0.400. The zero-order chi connectivity index (χ0) is 20.9. The van der Waals surface area contributed by atoms with E-state index in [2.05, 4.69) is 20.3 Å². The minimum atomic E-state index is -3.27. The maximum absolute atomic E-state index is 12.8. The summed E-state index contributed by atoms with van der Waals surface area (Å²) in [7, 11) is -3.27. The van der Waals surface area contributed by atoms with Gasteiger partial charge in [0.25, 0.3) is 5.91 Å². The van der Waals surface area contributed by atoms with Gasteiger partial charge in [-0.25, -0.2) is 13.4 Å². The maximum atomic E-state index is 12.8. The van der Waals surface area contributed by atoms with Gasteiger partial charge in [-0.05, 0) is 31.9 Å². The third-order valence-corrected chi connectivity index (χ3v) is 5.21. The molecule has 0 spiro atoms. The second-order valence-corrected chi connectivity index (χ2v) is 9.07. The highest BCUT2D eigenvalue weighted by molar-refractivity contribution is 7.93. The summed E-state index contributed by atoms with van der Waals surface area (Å²) < 4.78 is 28.4. The average molecular weight is 417 g/mol. The Morgan fingerprint density at radius 2 is 2.07 bits per heavy atom. The van der Waals surface area contributed by atoms with Crippen LogP contribution in [0.3, 0.4) is 0 Å². The Morgan fingerprint density at radius 1 is 1.31 bits per heavy atom. The van der Waals surface area contributed by atoms with Crippen LogP contribution in [0.15, 0.2) is 42.2 Å². The van der Waals surface area contributed by atoms with E-state index in [4.69, 9.17) is 4.74 Å². The van der Waals surface area contributed by atoms with Crippen molar-refractivity contribution in [2.45, 2.75) is 44.6 Å². The molecule has 1 amide bonds. The molecule has 0 aromatic carbocycles. The first-order chi connectivity index (χ1) is 13.8. The normalized spacial score (nSPS) is 16.1. The number of amides is 1. The fourth-order valence-corrected chi connectivity index (χ4v) is 3.63. The van der Waals surface area contributed by atoms with Crippen molar-refractivity contribution in [1.82, 2.24) is 20.3 Å². The van der Waals surface area contributed by atoms with Gasteiger partial charge in [-0.2, -0.15) is 4.98 Å². The van der Waals surface area contributed by atoms with Gasteiger partial charge in [0.2, 0.25) is 5.88 Å². The lowest BCUT2D eigenvalue weighted by atomic mass is 10.1. The Bertz CT molecular complexity index is 987. The molecule has 1 N–H and O–H groups in total. The highest BCUT2D eigenvalue weighted by atomic mass is 32.2. The number of aromatic nitrogens is 3. The number of sulfone groups is 1. The molecule has 0 saturated heterocycles. The number of hydrogen-bond donors (Lipinski definition) is 1. The Kier molecular flexibility index (Phi) is 6.58. The zero-order valence-corrected chi connectivity index (χ0v) is 17.2. The van der Waals surface area contributed by atoms with Crippen LogP contribution in [0.4, 0.5) is 0 Å². The number of nitrogens with one attached hydrogen (secondary N) is 1. The zero-order valence-electron chi connectivity index (χ0n) is 16.4. The number of hydrogen-bond acceptors (Lipinski definition) is 7. The van der Waals surface area contributed by atoms with E-state index in [0.717, 1.165) is 37.3 Å². The van der Waals surface area contributed by atoms with Gasteiger partial charge in [0.15, 0.2) is 9.84 Å². The number of pyridine rings is 1. The van der Waals surface area contributed by atoms with Crippen LogP contribution in [0, 0.1) is 0 Å². The number of nitrogens with zero attached hydrogens (tertiary/aromatic N) is 3. The molecular weight excluding hydrogens is 392 g/mol. The van der Waals surface area contributed by atoms with Gasteiger partial charge in [0.1, 0.15) is 17.1 Å². The van der Waals surface area contributed by atoms with Crippen LogP contribution < -0.4 is 10.1 Å². The summed E-state index contributed by atoms with van der Waals surface area (Å²) in [6.45, 7) is 1.68. The average Bonchev–Trinajstić information content (AvgIpc) is 3.21. The molecule has 0 radical (unpaired) electrons. The van der Waals surface area contributed by atoms with Crippen LogP contribution in [0.5, 0.6) is 11.6 Å². The molecule has 2 aromatic rings. The molecule has 1 aliphatic rings. The van der Waals surface area contributed by atoms with E-state index in [1.165, 1.54) is 18.5 Å². The van der Waals surface area contributed by atoms with E-state index in [1.54, 1.807) is 25.3 Å². The van der Waals surface area contributed by atoms with Crippen LogP contribution in [0.25, 0.3) is 0 Å². The second kappa shape index (κ2) is 9.13. The number of carbonyl (C=O) groups excluding carboxylic acids is 1. The predicted octanol–water partition coefficient (Wildman–Crippen LogP) is 3.00. The molecule has 1 unspecified atom stereocenters. The van der Waals surface area contributed by atoms with E-state index in [9.17, 15) is 13.2 Å². The van der Waals surface area contributed by atoms with Crippen LogP contribution in [-0.4, -0.2) is 41.6 Å². The van der Waals surface area contributed by atoms with Crippen molar-refractivity contribution >= 4 is 15.7 Å². The van der Waals surface area contributed by atoms with Crippen molar-refractivity contribution in [3.63, 3.8) is 0 Å². The lowest BCUT2D eigenvalue weighted by Crippen LogP contribution is -2.31. The molecule has 3 rings (SSSR count). The number of rotatable bonds is 7. The smallest absolute Gasteiger partial charge is 0.258 e. The van der Waals surface area contributed by atoms with Crippen LogP contribution in [0.1, 0.15) is 54.7 Å². The Morgan fingerprint density at radius 3 is 2.72 bits per heavy atom. The van der Waals surface area contributed by atoms with Crippen LogP contribution in [0.2, 0.25) is 0 Å². The summed E-state index contributed by atoms with van der Waals surface area (Å²) in [5.41, 5.74) is 0.176. The highest BCUT2D eigenvalue weighted by Gasteiger charge is 2.24. The molecule has 0 aliphatic heterocycles. The molecule has 29 heavy (non-hydrogen) atoms. The summed E-state index contributed by atoms with van der Waals surface area (Å²) in [6, 6.07) is 2.95. The van der Waals surface area contributed by atoms with E-state index >= 15 is 0 Å². The molecule has 9 heteroatoms. The fourth-order valence-electron chi connectivity index (χ4n) is 3.11. The van der Waals surface area contributed by atoms with Gasteiger partial charge in [-0.1, -0.05) is 18.9 Å². The lowest BCUT2D eigenvalue weighted by molar-refractivity contribution is 0.0943. The minimum absolute atomic E-state index is 0.159. The molecule has 8 nitrogen and oxygen atoms in total. The monoisotopic (exact) mass is 416 g/mol. The molecule has 0 bridgehead atoms. The van der Waals surface area contributed by atoms with Gasteiger partial charge >= 0.3 is 0 Å². The Balaban J connectivity index is 1.85. The maximum Gasteiger partial charge on any atom is 0.258 e. The predicted molar refractivity (Wildman–Crippen MR) is 108 cm³/mol. The standard InChI is InChI=1S/C20H24N4O4S/c1-14(9-11-29(2,26)27)23-19(25)17-13-22-18(15-6-3-4-7-15)24-20(17)28-16-8-5-10-21-12-16/h5,8-15H,3-4,6-7H2,1-2H3,(H,23,25)/b11-9+. The first kappa shape index (κ1) is 20.9. The first-order valence-electron chi connectivity index (χ1n) is 9.46. The molecule has 154 valence electrons. The van der Waals surface area contributed by atoms with Gasteiger partial charge in [-0.3, -0.25) is 9.78 Å². The Labute approximate surface area is 170 Å². The van der Waals surface area contributed by atoms with Crippen molar-refractivity contribution in [3.05, 3.63) is 53.6 Å². The summed E-state index contributed by atoms with van der Waals surface area (Å²) in [5, 5.41) is 3.78. The van der Waals surface area contributed by atoms with E-state index < -0.39 is 21.8 Å². The van der Waals surface area contributed by atoms with Crippen LogP contribution >= 0.6 is 0 Å². The number of carbonyl (C=O) groups is 1. The molecule has 2 heterocycles. The van der Waals surface area contributed by atoms with Crippen molar-refractivity contribution < 1.29 is 17.9 Å². The Hall–Kier alpha value is -2.81. The van der Waals surface area contributed by atoms with Gasteiger partial charge in [0, 0.05) is 36.0 Å². The molecule has 2 aromatic heterocycles. The summed E-state index contributed by atoms with van der Waals surface area (Å²) >= 11 is 0. The largest absolute Gasteiger partial charge is 0.436 e. The van der Waals surface area contributed by atoms with E-state index in [-0.39, 0.29) is 17.4 Å². The lowest BCUT2D eigenvalue weighted by Gasteiger charge is -2.15. The minimum Gasteiger partial charge on any atom is -0.436 e. The highest BCUT2D eigenvalue weighted by Crippen LogP contribution is 2.33.